The molecule has 0 amide bonds. The number of nitrogens with zero attached hydrogens (tertiary/aromatic N) is 2. The van der Waals surface area contributed by atoms with Crippen molar-refractivity contribution in [3.05, 3.63) is 35.5 Å². The first-order valence-corrected chi connectivity index (χ1v) is 7.75. The summed E-state index contributed by atoms with van der Waals surface area (Å²) in [7, 11) is -3.58. The van der Waals surface area contributed by atoms with E-state index in [-0.39, 0.29) is 11.4 Å². The van der Waals surface area contributed by atoms with Gasteiger partial charge in [0.25, 0.3) is 0 Å². The largest absolute Gasteiger partial charge is 0.361 e. The van der Waals surface area contributed by atoms with E-state index in [2.05, 4.69) is 9.88 Å². The van der Waals surface area contributed by atoms with E-state index in [0.717, 1.165) is 5.69 Å². The Kier molecular flexibility index (Phi) is 4.26. The summed E-state index contributed by atoms with van der Waals surface area (Å²) in [6.45, 7) is 4.74. The summed E-state index contributed by atoms with van der Waals surface area (Å²) in [4.78, 5) is 0.208. The smallest absolute Gasteiger partial charge is 0.242 e. The van der Waals surface area contributed by atoms with E-state index >= 15 is 0 Å². The second-order valence-corrected chi connectivity index (χ2v) is 6.18. The fourth-order valence-electron chi connectivity index (χ4n) is 1.89. The third-order valence-electron chi connectivity index (χ3n) is 2.94. The fraction of sp³-hybridized carbons (Fsp3) is 0.417. The molecule has 0 aromatic carbocycles. The summed E-state index contributed by atoms with van der Waals surface area (Å²) in [6.07, 6.45) is 1.58. The number of rotatable bonds is 6. The minimum Gasteiger partial charge on any atom is -0.361 e. The van der Waals surface area contributed by atoms with Gasteiger partial charge in [-0.25, -0.2) is 13.1 Å². The predicted molar refractivity (Wildman–Crippen MR) is 73.3 cm³/mol. The Bertz CT molecular complexity index is 666. The second-order valence-electron chi connectivity index (χ2n) is 4.41. The number of sulfonamides is 1. The first-order chi connectivity index (χ1) is 9.46. The van der Waals surface area contributed by atoms with E-state index < -0.39 is 10.0 Å². The van der Waals surface area contributed by atoms with Crippen LogP contribution in [0.15, 0.2) is 27.7 Å². The van der Waals surface area contributed by atoms with Gasteiger partial charge in [-0.2, -0.15) is 0 Å². The zero-order valence-electron chi connectivity index (χ0n) is 11.5. The standard InChI is InChI=1S/C12H18N4O3S/c1-3-16-8-12(5-11(16)6-13)20(17,18)14-7-10-4-9(2)19-15-10/h4-5,8,14H,3,6-7,13H2,1-2H3. The number of hydrogen-bond donors (Lipinski definition) is 2. The molecule has 0 aliphatic heterocycles. The lowest BCUT2D eigenvalue weighted by Crippen LogP contribution is -2.23. The highest BCUT2D eigenvalue weighted by atomic mass is 32.2. The van der Waals surface area contributed by atoms with Gasteiger partial charge in [0, 0.05) is 31.0 Å². The summed E-state index contributed by atoms with van der Waals surface area (Å²) in [5, 5.41) is 3.74. The molecule has 0 atom stereocenters. The summed E-state index contributed by atoms with van der Waals surface area (Å²) in [6, 6.07) is 3.27. The molecule has 0 aliphatic rings. The minimum absolute atomic E-state index is 0.0922. The number of aromatic nitrogens is 2. The second kappa shape index (κ2) is 5.78. The molecule has 20 heavy (non-hydrogen) atoms. The summed E-state index contributed by atoms with van der Waals surface area (Å²) in [5.74, 6) is 0.641. The van der Waals surface area contributed by atoms with E-state index in [1.165, 1.54) is 0 Å². The molecule has 8 heteroatoms. The SMILES string of the molecule is CCn1cc(S(=O)(=O)NCc2cc(C)on2)cc1CN. The molecule has 0 fully saturated rings. The highest BCUT2D eigenvalue weighted by Crippen LogP contribution is 2.14. The maximum Gasteiger partial charge on any atom is 0.242 e. The van der Waals surface area contributed by atoms with Gasteiger partial charge in [0.15, 0.2) is 0 Å². The summed E-state index contributed by atoms with van der Waals surface area (Å²) < 4.78 is 33.6. The van der Waals surface area contributed by atoms with Crippen LogP contribution >= 0.6 is 0 Å². The topological polar surface area (TPSA) is 103 Å². The first kappa shape index (κ1) is 14.8. The number of aryl methyl sites for hydroxylation is 2. The van der Waals surface area contributed by atoms with Gasteiger partial charge in [-0.15, -0.1) is 0 Å². The highest BCUT2D eigenvalue weighted by Gasteiger charge is 2.18. The van der Waals surface area contributed by atoms with Crippen LogP contribution in [0.1, 0.15) is 24.1 Å². The van der Waals surface area contributed by atoms with Gasteiger partial charge in [0.05, 0.1) is 17.1 Å². The molecule has 3 N–H and O–H groups in total. The Morgan fingerprint density at radius 2 is 2.20 bits per heavy atom. The lowest BCUT2D eigenvalue weighted by Gasteiger charge is -2.02. The van der Waals surface area contributed by atoms with Crippen molar-refractivity contribution in [2.24, 2.45) is 5.73 Å². The Morgan fingerprint density at radius 1 is 1.45 bits per heavy atom. The van der Waals surface area contributed by atoms with Crippen LogP contribution in [-0.4, -0.2) is 18.1 Å². The van der Waals surface area contributed by atoms with Crippen molar-refractivity contribution in [3.8, 4) is 0 Å². The summed E-state index contributed by atoms with van der Waals surface area (Å²) >= 11 is 0. The quantitative estimate of drug-likeness (QED) is 0.818. The number of nitrogens with one attached hydrogen (secondary N) is 1. The molecule has 2 heterocycles. The molecule has 0 unspecified atom stereocenters. The van der Waals surface area contributed by atoms with Gasteiger partial charge in [-0.05, 0) is 19.9 Å². The molecule has 2 aromatic rings. The molecular formula is C12H18N4O3S. The maximum atomic E-state index is 12.2. The molecule has 0 bridgehead atoms. The van der Waals surface area contributed by atoms with E-state index in [1.54, 1.807) is 25.3 Å². The van der Waals surface area contributed by atoms with E-state index in [0.29, 0.717) is 24.5 Å². The van der Waals surface area contributed by atoms with Crippen molar-refractivity contribution in [2.75, 3.05) is 0 Å². The van der Waals surface area contributed by atoms with Crippen LogP contribution in [0.2, 0.25) is 0 Å². The van der Waals surface area contributed by atoms with Crippen LogP contribution in [0.5, 0.6) is 0 Å². The monoisotopic (exact) mass is 298 g/mol. The van der Waals surface area contributed by atoms with Crippen LogP contribution in [0.25, 0.3) is 0 Å². The van der Waals surface area contributed by atoms with Crippen LogP contribution in [0.3, 0.4) is 0 Å². The van der Waals surface area contributed by atoms with E-state index in [4.69, 9.17) is 10.3 Å². The Hall–Kier alpha value is -1.64. The molecule has 110 valence electrons. The van der Waals surface area contributed by atoms with Gasteiger partial charge in [0.1, 0.15) is 5.76 Å². The number of nitrogens with two attached hydrogens (primary N) is 1. The average Bonchev–Trinajstić information content (AvgIpc) is 3.02. The van der Waals surface area contributed by atoms with E-state index in [9.17, 15) is 8.42 Å². The average molecular weight is 298 g/mol. The lowest BCUT2D eigenvalue weighted by molar-refractivity contribution is 0.390. The van der Waals surface area contributed by atoms with Crippen molar-refractivity contribution >= 4 is 10.0 Å². The van der Waals surface area contributed by atoms with Gasteiger partial charge in [0.2, 0.25) is 10.0 Å². The minimum atomic E-state index is -3.58. The number of hydrogen-bond acceptors (Lipinski definition) is 5. The molecule has 7 nitrogen and oxygen atoms in total. The van der Waals surface area contributed by atoms with Gasteiger partial charge < -0.3 is 14.8 Å². The van der Waals surface area contributed by atoms with Gasteiger partial charge in [-0.3, -0.25) is 0 Å². The molecule has 2 rings (SSSR count). The van der Waals surface area contributed by atoms with Gasteiger partial charge in [-0.1, -0.05) is 5.16 Å². The van der Waals surface area contributed by atoms with Crippen molar-refractivity contribution in [2.45, 2.75) is 38.4 Å². The zero-order chi connectivity index (χ0) is 14.8. The Balaban J connectivity index is 2.15. The fourth-order valence-corrected chi connectivity index (χ4v) is 2.95. The van der Waals surface area contributed by atoms with Crippen LogP contribution in [0.4, 0.5) is 0 Å². The molecule has 0 saturated heterocycles. The van der Waals surface area contributed by atoms with Crippen molar-refractivity contribution in [1.82, 2.24) is 14.4 Å². The first-order valence-electron chi connectivity index (χ1n) is 6.27. The van der Waals surface area contributed by atoms with Gasteiger partial charge >= 0.3 is 0 Å². The molecule has 2 aromatic heterocycles. The zero-order valence-corrected chi connectivity index (χ0v) is 12.3. The van der Waals surface area contributed by atoms with Crippen LogP contribution in [-0.2, 0) is 29.7 Å². The Labute approximate surface area is 117 Å². The molecule has 0 radical (unpaired) electrons. The Morgan fingerprint density at radius 3 is 2.70 bits per heavy atom. The van der Waals surface area contributed by atoms with Crippen molar-refractivity contribution in [1.29, 1.82) is 0 Å². The predicted octanol–water partition coefficient (Wildman–Crippen LogP) is 0.742. The molecule has 0 saturated carbocycles. The molecule has 0 spiro atoms. The maximum absolute atomic E-state index is 12.2. The van der Waals surface area contributed by atoms with Crippen molar-refractivity contribution in [3.63, 3.8) is 0 Å². The normalized spacial score (nSPS) is 11.9. The van der Waals surface area contributed by atoms with Crippen LogP contribution in [0, 0.1) is 6.92 Å². The third kappa shape index (κ3) is 3.09. The third-order valence-corrected chi connectivity index (χ3v) is 4.31. The summed E-state index contributed by atoms with van der Waals surface area (Å²) in [5.41, 5.74) is 6.92. The highest BCUT2D eigenvalue weighted by molar-refractivity contribution is 7.89. The molecule has 0 aliphatic carbocycles. The van der Waals surface area contributed by atoms with Crippen molar-refractivity contribution < 1.29 is 12.9 Å². The van der Waals surface area contributed by atoms with E-state index in [1.807, 2.05) is 11.5 Å². The van der Waals surface area contributed by atoms with Crippen LogP contribution < -0.4 is 10.5 Å². The lowest BCUT2D eigenvalue weighted by atomic mass is 10.4. The molecular weight excluding hydrogens is 280 g/mol.